The summed E-state index contributed by atoms with van der Waals surface area (Å²) in [5.74, 6) is 3.52. The normalized spacial score (nSPS) is 19.0. The quantitative estimate of drug-likeness (QED) is 0.356. The number of aliphatic imine (C=N–C) groups is 1. The lowest BCUT2D eigenvalue weighted by atomic mass is 9.97. The molecule has 2 saturated heterocycles. The van der Waals surface area contributed by atoms with Gasteiger partial charge in [0, 0.05) is 46.2 Å². The first kappa shape index (κ1) is 24.9. The number of piperidine rings is 1. The monoisotopic (exact) mass is 532 g/mol. The van der Waals surface area contributed by atoms with Crippen LogP contribution in [0.3, 0.4) is 0 Å². The summed E-state index contributed by atoms with van der Waals surface area (Å²) in [6.07, 6.45) is 2.30. The van der Waals surface area contributed by atoms with Crippen molar-refractivity contribution in [3.8, 4) is 0 Å². The molecular formula is C21H37IN6O2. The minimum absolute atomic E-state index is 0. The molecule has 1 N–H and O–H groups in total. The molecule has 0 aromatic carbocycles. The van der Waals surface area contributed by atoms with Crippen molar-refractivity contribution >= 4 is 35.8 Å². The van der Waals surface area contributed by atoms with Crippen molar-refractivity contribution in [2.75, 3.05) is 52.4 Å². The molecule has 8 nitrogen and oxygen atoms in total. The highest BCUT2D eigenvalue weighted by Crippen LogP contribution is 2.20. The van der Waals surface area contributed by atoms with Crippen molar-refractivity contribution in [1.82, 2.24) is 25.0 Å². The smallest absolute Gasteiger partial charge is 0.219 e. The summed E-state index contributed by atoms with van der Waals surface area (Å²) in [7, 11) is 0. The van der Waals surface area contributed by atoms with Gasteiger partial charge >= 0.3 is 0 Å². The number of hydrogen-bond donors (Lipinski definition) is 1. The van der Waals surface area contributed by atoms with Crippen LogP contribution in [0, 0.1) is 19.8 Å². The van der Waals surface area contributed by atoms with Gasteiger partial charge in [-0.3, -0.25) is 14.7 Å². The van der Waals surface area contributed by atoms with E-state index in [9.17, 15) is 4.79 Å². The van der Waals surface area contributed by atoms with E-state index in [-0.39, 0.29) is 29.9 Å². The van der Waals surface area contributed by atoms with E-state index in [1.165, 1.54) is 0 Å². The molecule has 0 bridgehead atoms. The van der Waals surface area contributed by atoms with Gasteiger partial charge in [0.25, 0.3) is 0 Å². The Morgan fingerprint density at radius 1 is 1.13 bits per heavy atom. The molecule has 0 radical (unpaired) electrons. The third-order valence-corrected chi connectivity index (χ3v) is 6.00. The number of nitrogens with one attached hydrogen (secondary N) is 1. The number of guanidine groups is 1. The second kappa shape index (κ2) is 11.9. The van der Waals surface area contributed by atoms with Crippen molar-refractivity contribution in [1.29, 1.82) is 0 Å². The maximum atomic E-state index is 11.5. The molecule has 2 aliphatic heterocycles. The van der Waals surface area contributed by atoms with Gasteiger partial charge in [0.1, 0.15) is 5.76 Å². The van der Waals surface area contributed by atoms with Crippen molar-refractivity contribution in [3.63, 3.8) is 0 Å². The molecule has 2 fully saturated rings. The summed E-state index contributed by atoms with van der Waals surface area (Å²) in [5.41, 5.74) is 0.990. The van der Waals surface area contributed by atoms with Gasteiger partial charge < -0.3 is 19.5 Å². The van der Waals surface area contributed by atoms with Crippen LogP contribution in [0.15, 0.2) is 9.41 Å². The van der Waals surface area contributed by atoms with E-state index in [2.05, 4.69) is 27.0 Å². The first-order valence-corrected chi connectivity index (χ1v) is 10.9. The summed E-state index contributed by atoms with van der Waals surface area (Å²) in [6.45, 7) is 15.6. The van der Waals surface area contributed by atoms with Crippen LogP contribution >= 0.6 is 24.0 Å². The van der Waals surface area contributed by atoms with Crippen LogP contribution in [0.1, 0.15) is 44.0 Å². The maximum Gasteiger partial charge on any atom is 0.219 e. The zero-order valence-electron chi connectivity index (χ0n) is 18.8. The lowest BCUT2D eigenvalue weighted by molar-refractivity contribution is -0.130. The van der Waals surface area contributed by atoms with E-state index >= 15 is 0 Å². The standard InChI is InChI=1S/C21H36N6O2.HI/c1-5-22-21(27-12-10-26(11-13-27)18(4)28)23-14-19-6-8-25(9-7-19)15-20-24-16(2)17(3)29-20;/h19H,5-15H2,1-4H3,(H,22,23);1H. The summed E-state index contributed by atoms with van der Waals surface area (Å²) in [4.78, 5) is 27.6. The molecule has 1 aromatic rings. The molecule has 1 amide bonds. The van der Waals surface area contributed by atoms with Crippen molar-refractivity contribution < 1.29 is 9.21 Å². The fourth-order valence-corrected chi connectivity index (χ4v) is 4.00. The molecule has 1 aromatic heterocycles. The highest BCUT2D eigenvalue weighted by Gasteiger charge is 2.23. The van der Waals surface area contributed by atoms with Crippen molar-refractivity contribution in [2.45, 2.75) is 47.1 Å². The fourth-order valence-electron chi connectivity index (χ4n) is 4.00. The number of nitrogens with zero attached hydrogens (tertiary/aromatic N) is 5. The van der Waals surface area contributed by atoms with Crippen LogP contribution in [0.25, 0.3) is 0 Å². The number of carbonyl (C=O) groups excluding carboxylic acids is 1. The number of likely N-dealkylation sites (tertiary alicyclic amines) is 1. The highest BCUT2D eigenvalue weighted by molar-refractivity contribution is 14.0. The summed E-state index contributed by atoms with van der Waals surface area (Å²) in [5, 5.41) is 3.43. The van der Waals surface area contributed by atoms with E-state index in [0.29, 0.717) is 5.92 Å². The van der Waals surface area contributed by atoms with E-state index in [1.54, 1.807) is 6.92 Å². The predicted molar refractivity (Wildman–Crippen MR) is 129 cm³/mol. The largest absolute Gasteiger partial charge is 0.444 e. The van der Waals surface area contributed by atoms with Gasteiger partial charge in [0.05, 0.1) is 12.2 Å². The molecule has 30 heavy (non-hydrogen) atoms. The first-order chi connectivity index (χ1) is 14.0. The van der Waals surface area contributed by atoms with Crippen molar-refractivity contribution in [2.24, 2.45) is 10.9 Å². The van der Waals surface area contributed by atoms with Crippen LogP contribution in [0.5, 0.6) is 0 Å². The summed E-state index contributed by atoms with van der Waals surface area (Å²) < 4.78 is 5.73. The summed E-state index contributed by atoms with van der Waals surface area (Å²) in [6, 6.07) is 0. The molecule has 0 spiro atoms. The van der Waals surface area contributed by atoms with Gasteiger partial charge in [-0.1, -0.05) is 0 Å². The van der Waals surface area contributed by atoms with Crippen LogP contribution < -0.4 is 5.32 Å². The maximum absolute atomic E-state index is 11.5. The van der Waals surface area contributed by atoms with Crippen LogP contribution in [-0.4, -0.2) is 83.9 Å². The van der Waals surface area contributed by atoms with Crippen LogP contribution in [0.4, 0.5) is 0 Å². The summed E-state index contributed by atoms with van der Waals surface area (Å²) >= 11 is 0. The number of halogens is 1. The molecule has 0 aliphatic carbocycles. The van der Waals surface area contributed by atoms with E-state index in [0.717, 1.165) is 95.0 Å². The molecule has 0 saturated carbocycles. The lowest BCUT2D eigenvalue weighted by Gasteiger charge is -2.36. The minimum Gasteiger partial charge on any atom is -0.444 e. The van der Waals surface area contributed by atoms with Gasteiger partial charge in [-0.05, 0) is 52.6 Å². The molecule has 0 atom stereocenters. The Kier molecular flexibility index (Phi) is 9.86. The molecule has 2 aliphatic rings. The Hall–Kier alpha value is -1.36. The Morgan fingerprint density at radius 3 is 2.30 bits per heavy atom. The van der Waals surface area contributed by atoms with Crippen LogP contribution in [-0.2, 0) is 11.3 Å². The number of oxazole rings is 1. The number of carbonyl (C=O) groups is 1. The number of amides is 1. The number of hydrogen-bond acceptors (Lipinski definition) is 5. The van der Waals surface area contributed by atoms with Gasteiger partial charge in [-0.25, -0.2) is 4.98 Å². The number of piperazine rings is 1. The fraction of sp³-hybridized carbons (Fsp3) is 0.762. The average molecular weight is 532 g/mol. The second-order valence-corrected chi connectivity index (χ2v) is 8.16. The SMILES string of the molecule is CCNC(=NCC1CCN(Cc2nc(C)c(C)o2)CC1)N1CCN(C(C)=O)CC1.I. The predicted octanol–water partition coefficient (Wildman–Crippen LogP) is 2.25. The van der Waals surface area contributed by atoms with E-state index < -0.39 is 0 Å². The molecule has 3 rings (SSSR count). The second-order valence-electron chi connectivity index (χ2n) is 8.16. The number of aromatic nitrogens is 1. The molecule has 3 heterocycles. The third-order valence-electron chi connectivity index (χ3n) is 6.00. The zero-order valence-corrected chi connectivity index (χ0v) is 21.1. The topological polar surface area (TPSA) is 77.2 Å². The minimum atomic E-state index is 0. The zero-order chi connectivity index (χ0) is 20.8. The highest BCUT2D eigenvalue weighted by atomic mass is 127. The lowest BCUT2D eigenvalue weighted by Crippen LogP contribution is -2.53. The van der Waals surface area contributed by atoms with Crippen LogP contribution in [0.2, 0.25) is 0 Å². The number of rotatable bonds is 5. The Balaban J connectivity index is 0.00000320. The van der Waals surface area contributed by atoms with E-state index in [1.807, 2.05) is 18.7 Å². The third kappa shape index (κ3) is 6.83. The Labute approximate surface area is 197 Å². The number of aryl methyl sites for hydroxylation is 2. The molecular weight excluding hydrogens is 495 g/mol. The van der Waals surface area contributed by atoms with Gasteiger partial charge in [-0.2, -0.15) is 0 Å². The Morgan fingerprint density at radius 2 is 1.77 bits per heavy atom. The van der Waals surface area contributed by atoms with Gasteiger partial charge in [-0.15, -0.1) is 24.0 Å². The average Bonchev–Trinajstić information content (AvgIpc) is 3.03. The first-order valence-electron chi connectivity index (χ1n) is 10.9. The Bertz CT molecular complexity index is 687. The van der Waals surface area contributed by atoms with Crippen molar-refractivity contribution in [3.05, 3.63) is 17.3 Å². The molecule has 9 heteroatoms. The molecule has 170 valence electrons. The van der Waals surface area contributed by atoms with Gasteiger partial charge in [0.15, 0.2) is 5.96 Å². The van der Waals surface area contributed by atoms with E-state index in [4.69, 9.17) is 9.41 Å². The van der Waals surface area contributed by atoms with Gasteiger partial charge in [0.2, 0.25) is 11.8 Å². The molecule has 0 unspecified atom stereocenters.